The molecule has 0 aliphatic carbocycles. The zero-order chi connectivity index (χ0) is 15.6. The van der Waals surface area contributed by atoms with Crippen LogP contribution in [-0.2, 0) is 10.9 Å². The number of ether oxygens (including phenoxy) is 1. The number of rotatable bonds is 3. The van der Waals surface area contributed by atoms with Crippen LogP contribution in [0.2, 0.25) is 0 Å². The van der Waals surface area contributed by atoms with Crippen LogP contribution in [0.25, 0.3) is 5.82 Å². The number of carbonyl (C=O) groups excluding carboxylic acids is 1. The highest BCUT2D eigenvalue weighted by atomic mass is 19.4. The van der Waals surface area contributed by atoms with Gasteiger partial charge in [0.25, 0.3) is 0 Å². The molecule has 2 aromatic heterocycles. The highest BCUT2D eigenvalue weighted by Gasteiger charge is 2.36. The van der Waals surface area contributed by atoms with Gasteiger partial charge in [0, 0.05) is 12.3 Å². The molecule has 2 aromatic rings. The molecule has 0 bridgehead atoms. The topological polar surface area (TPSA) is 57.0 Å². The van der Waals surface area contributed by atoms with E-state index < -0.39 is 17.8 Å². The molecule has 0 saturated carbocycles. The molecule has 9 heteroatoms. The zero-order valence-corrected chi connectivity index (χ0v) is 10.9. The van der Waals surface area contributed by atoms with Gasteiger partial charge in [-0.2, -0.15) is 18.3 Å². The fourth-order valence-electron chi connectivity index (χ4n) is 1.57. The molecule has 2 radical (unpaired) electrons. The highest BCUT2D eigenvalue weighted by Crippen LogP contribution is 2.29. The van der Waals surface area contributed by atoms with Gasteiger partial charge in [-0.05, 0) is 13.0 Å². The number of carbonyl (C=O) groups is 1. The van der Waals surface area contributed by atoms with Gasteiger partial charge in [0.2, 0.25) is 0 Å². The molecule has 21 heavy (non-hydrogen) atoms. The first-order chi connectivity index (χ1) is 9.82. The third-order valence-corrected chi connectivity index (χ3v) is 2.47. The van der Waals surface area contributed by atoms with Crippen molar-refractivity contribution < 1.29 is 22.7 Å². The Morgan fingerprint density at radius 1 is 1.43 bits per heavy atom. The average Bonchev–Trinajstić information content (AvgIpc) is 2.85. The normalized spacial score (nSPS) is 11.4. The molecule has 0 spiro atoms. The number of pyridine rings is 1. The largest absolute Gasteiger partial charge is 0.461 e. The summed E-state index contributed by atoms with van der Waals surface area (Å²) in [6.07, 6.45) is -3.43. The summed E-state index contributed by atoms with van der Waals surface area (Å²) in [5, 5.41) is 3.37. The summed E-state index contributed by atoms with van der Waals surface area (Å²) in [5.41, 5.74) is -1.23. The number of hydrogen-bond acceptors (Lipinski definition) is 4. The zero-order valence-electron chi connectivity index (χ0n) is 10.9. The van der Waals surface area contributed by atoms with Crippen LogP contribution in [-0.4, -0.2) is 35.2 Å². The van der Waals surface area contributed by atoms with Crippen LogP contribution in [0.3, 0.4) is 0 Å². The van der Waals surface area contributed by atoms with Gasteiger partial charge in [0.05, 0.1) is 6.61 Å². The summed E-state index contributed by atoms with van der Waals surface area (Å²) < 4.78 is 43.7. The van der Waals surface area contributed by atoms with Crippen molar-refractivity contribution in [3.63, 3.8) is 0 Å². The van der Waals surface area contributed by atoms with Crippen molar-refractivity contribution >= 4 is 19.3 Å². The number of esters is 1. The molecular weight excluding hydrogens is 286 g/mol. The van der Waals surface area contributed by atoms with Gasteiger partial charge in [-0.25, -0.2) is 14.5 Å². The minimum absolute atomic E-state index is 0.0283. The SMILES string of the molecule is [B]c1ccc(-n2nc(C(F)(F)F)cc2C(=O)OCC)nc1. The van der Waals surface area contributed by atoms with Crippen LogP contribution >= 0.6 is 0 Å². The molecule has 2 rings (SSSR count). The monoisotopic (exact) mass is 295 g/mol. The molecular formula is C12H9BF3N3O2. The van der Waals surface area contributed by atoms with Gasteiger partial charge in [0.1, 0.15) is 7.85 Å². The van der Waals surface area contributed by atoms with Crippen LogP contribution < -0.4 is 5.46 Å². The lowest BCUT2D eigenvalue weighted by molar-refractivity contribution is -0.141. The number of aromatic nitrogens is 3. The van der Waals surface area contributed by atoms with Crippen LogP contribution in [0.5, 0.6) is 0 Å². The lowest BCUT2D eigenvalue weighted by Gasteiger charge is -2.06. The quantitative estimate of drug-likeness (QED) is 0.632. The van der Waals surface area contributed by atoms with E-state index in [1.54, 1.807) is 6.92 Å². The van der Waals surface area contributed by atoms with Crippen molar-refractivity contribution in [3.05, 3.63) is 35.8 Å². The molecule has 5 nitrogen and oxygen atoms in total. The maximum Gasteiger partial charge on any atom is 0.435 e. The Labute approximate surface area is 119 Å². The van der Waals surface area contributed by atoms with Crippen LogP contribution in [0, 0.1) is 0 Å². The van der Waals surface area contributed by atoms with Gasteiger partial charge in [-0.3, -0.25) is 0 Å². The predicted molar refractivity (Wildman–Crippen MR) is 67.7 cm³/mol. The Balaban J connectivity index is 2.54. The molecule has 0 unspecified atom stereocenters. The minimum atomic E-state index is -4.68. The third-order valence-electron chi connectivity index (χ3n) is 2.47. The summed E-state index contributed by atoms with van der Waals surface area (Å²) >= 11 is 0. The van der Waals surface area contributed by atoms with Crippen LogP contribution in [0.4, 0.5) is 13.2 Å². The molecule has 0 aliphatic rings. The van der Waals surface area contributed by atoms with E-state index in [4.69, 9.17) is 12.6 Å². The van der Waals surface area contributed by atoms with Crippen molar-refractivity contribution in [2.45, 2.75) is 13.1 Å². The Hall–Kier alpha value is -2.32. The summed E-state index contributed by atoms with van der Waals surface area (Å²) in [6.45, 7) is 1.57. The van der Waals surface area contributed by atoms with Crippen molar-refractivity contribution in [1.82, 2.24) is 14.8 Å². The van der Waals surface area contributed by atoms with Gasteiger partial charge >= 0.3 is 12.1 Å². The summed E-state index contributed by atoms with van der Waals surface area (Å²) in [5.74, 6) is -0.887. The van der Waals surface area contributed by atoms with E-state index in [2.05, 4.69) is 10.1 Å². The number of alkyl halides is 3. The fraction of sp³-hybridized carbons (Fsp3) is 0.250. The molecule has 0 aromatic carbocycles. The van der Waals surface area contributed by atoms with E-state index in [0.29, 0.717) is 11.5 Å². The van der Waals surface area contributed by atoms with Gasteiger partial charge in [0.15, 0.2) is 17.2 Å². The maximum absolute atomic E-state index is 12.7. The maximum atomic E-state index is 12.7. The molecule has 2 heterocycles. The Bertz CT molecular complexity index is 653. The lowest BCUT2D eigenvalue weighted by atomic mass is 9.99. The average molecular weight is 295 g/mol. The van der Waals surface area contributed by atoms with Gasteiger partial charge in [-0.15, -0.1) is 0 Å². The second kappa shape index (κ2) is 5.59. The highest BCUT2D eigenvalue weighted by molar-refractivity contribution is 6.32. The van der Waals surface area contributed by atoms with Crippen LogP contribution in [0.1, 0.15) is 23.1 Å². The third kappa shape index (κ3) is 3.23. The van der Waals surface area contributed by atoms with Crippen molar-refractivity contribution in [2.24, 2.45) is 0 Å². The summed E-state index contributed by atoms with van der Waals surface area (Å²) in [6, 6.07) is 3.41. The van der Waals surface area contributed by atoms with E-state index >= 15 is 0 Å². The van der Waals surface area contributed by atoms with Crippen molar-refractivity contribution in [1.29, 1.82) is 0 Å². The number of nitrogens with zero attached hydrogens (tertiary/aromatic N) is 3. The number of halogens is 3. The summed E-state index contributed by atoms with van der Waals surface area (Å²) in [7, 11) is 5.46. The lowest BCUT2D eigenvalue weighted by Crippen LogP contribution is -2.14. The van der Waals surface area contributed by atoms with Crippen LogP contribution in [0.15, 0.2) is 24.4 Å². The molecule has 108 valence electrons. The van der Waals surface area contributed by atoms with E-state index in [1.807, 2.05) is 0 Å². The second-order valence-electron chi connectivity index (χ2n) is 3.99. The Morgan fingerprint density at radius 3 is 2.67 bits per heavy atom. The number of hydrogen-bond donors (Lipinski definition) is 0. The molecule has 0 atom stereocenters. The first-order valence-electron chi connectivity index (χ1n) is 5.89. The first kappa shape index (κ1) is 15.1. The van der Waals surface area contributed by atoms with E-state index in [9.17, 15) is 18.0 Å². The van der Waals surface area contributed by atoms with Crippen molar-refractivity contribution in [2.75, 3.05) is 6.61 Å². The fourth-order valence-corrected chi connectivity index (χ4v) is 1.57. The minimum Gasteiger partial charge on any atom is -0.461 e. The van der Waals surface area contributed by atoms with Crippen molar-refractivity contribution in [3.8, 4) is 5.82 Å². The first-order valence-corrected chi connectivity index (χ1v) is 5.89. The Morgan fingerprint density at radius 2 is 2.14 bits per heavy atom. The molecule has 0 amide bonds. The van der Waals surface area contributed by atoms with E-state index in [-0.39, 0.29) is 18.1 Å². The standard InChI is InChI=1S/C12H9BF3N3O2/c1-2-21-11(20)8-5-9(12(14,15)16)18-19(8)10-4-3-7(13)6-17-10/h3-6H,2H2,1H3. The molecule has 0 aliphatic heterocycles. The molecule has 0 N–H and O–H groups in total. The smallest absolute Gasteiger partial charge is 0.435 e. The van der Waals surface area contributed by atoms with E-state index in [1.165, 1.54) is 18.3 Å². The van der Waals surface area contributed by atoms with Gasteiger partial charge < -0.3 is 4.74 Å². The molecule has 0 saturated heterocycles. The van der Waals surface area contributed by atoms with E-state index in [0.717, 1.165) is 4.68 Å². The second-order valence-corrected chi connectivity index (χ2v) is 3.99. The predicted octanol–water partition coefficient (Wildman–Crippen LogP) is 1.26. The van der Waals surface area contributed by atoms with Gasteiger partial charge in [-0.1, -0.05) is 11.5 Å². The Kier molecular flexibility index (Phi) is 4.01. The molecule has 0 fully saturated rings. The summed E-state index contributed by atoms with van der Waals surface area (Å²) in [4.78, 5) is 15.6.